The van der Waals surface area contributed by atoms with Crippen molar-refractivity contribution in [2.75, 3.05) is 51.4 Å². The highest BCUT2D eigenvalue weighted by atomic mass is 32.2. The molecule has 0 saturated carbocycles. The summed E-state index contributed by atoms with van der Waals surface area (Å²) in [6.45, 7) is 9.42. The molecule has 17 nitrogen and oxygen atoms in total. The number of imide groups is 1. The van der Waals surface area contributed by atoms with Gasteiger partial charge in [-0.1, -0.05) is 56.7 Å². The van der Waals surface area contributed by atoms with Crippen LogP contribution in [0.4, 0.5) is 24.5 Å². The molecule has 2 aromatic carbocycles. The molecule has 1 fully saturated rings. The first-order valence-electron chi connectivity index (χ1n) is 21.5. The van der Waals surface area contributed by atoms with E-state index < -0.39 is 68.6 Å². The Morgan fingerprint density at radius 2 is 1.54 bits per heavy atom. The second-order valence-electron chi connectivity index (χ2n) is 17.7. The Balaban J connectivity index is 0.00000111. The van der Waals surface area contributed by atoms with Crippen LogP contribution in [0.5, 0.6) is 0 Å². The summed E-state index contributed by atoms with van der Waals surface area (Å²) < 4.78 is 70.6. The summed E-state index contributed by atoms with van der Waals surface area (Å²) >= 11 is 0. The van der Waals surface area contributed by atoms with Crippen molar-refractivity contribution in [1.82, 2.24) is 20.6 Å². The maximum absolute atomic E-state index is 14.3. The lowest BCUT2D eigenvalue weighted by atomic mass is 9.77. The van der Waals surface area contributed by atoms with E-state index >= 15 is 0 Å². The Labute approximate surface area is 386 Å². The van der Waals surface area contributed by atoms with Gasteiger partial charge in [-0.05, 0) is 58.0 Å². The quantitative estimate of drug-likeness (QED) is 0.0667. The number of carboxylic acids is 1. The molecule has 4 aliphatic rings. The van der Waals surface area contributed by atoms with Crippen LogP contribution in [0, 0.1) is 0 Å². The van der Waals surface area contributed by atoms with E-state index in [-0.39, 0.29) is 48.4 Å². The summed E-state index contributed by atoms with van der Waals surface area (Å²) in [5, 5.41) is 13.5. The van der Waals surface area contributed by atoms with Gasteiger partial charge in [-0.2, -0.15) is 17.7 Å². The van der Waals surface area contributed by atoms with Gasteiger partial charge in [-0.15, -0.1) is 5.06 Å². The average molecular weight is 957 g/mol. The highest BCUT2D eigenvalue weighted by Crippen LogP contribution is 2.48. The standard InChI is InChI=1S/C44H54N6O9S.C2HF3O2/c1-43(2)30-15-10-12-17-33(30)48(6)35(43)25-28-40(29(41(28)54)26-36-44(3,4)31-16-11-13-18-34(31)49(36)7)46-32(27-60(56,57)58)42(55)45-22-24-47(5)23-14-8-9-19-39(53)59-50-37(51)20-21-38(50)52;3-2(4,5)1(6)7/h10-13,15-18,25-26,32H,8-9,14,19-24,27H2,1-7H3,(H2-,45,46,54,55,56,57,58);(H,6,7). The Bertz CT molecular complexity index is 2570. The predicted molar refractivity (Wildman–Crippen MR) is 238 cm³/mol. The molecule has 0 radical (unpaired) electrons. The fraction of sp³-hybridized carbons (Fsp3) is 0.457. The molecule has 1 aliphatic carbocycles. The number of hydrogen-bond acceptors (Lipinski definition) is 13. The van der Waals surface area contributed by atoms with Gasteiger partial charge in [0.15, 0.2) is 11.5 Å². The van der Waals surface area contributed by atoms with Crippen molar-refractivity contribution in [3.63, 3.8) is 0 Å². The molecule has 21 heteroatoms. The number of fused-ring (bicyclic) bond motifs is 2. The number of ketones is 1. The summed E-state index contributed by atoms with van der Waals surface area (Å²) in [4.78, 5) is 81.2. The minimum Gasteiger partial charge on any atom is -0.748 e. The van der Waals surface area contributed by atoms with Crippen molar-refractivity contribution in [2.45, 2.75) is 89.3 Å². The van der Waals surface area contributed by atoms with E-state index in [0.717, 1.165) is 33.9 Å². The van der Waals surface area contributed by atoms with Gasteiger partial charge in [0.1, 0.15) is 13.1 Å². The van der Waals surface area contributed by atoms with E-state index in [0.29, 0.717) is 37.4 Å². The number of para-hydroxylation sites is 2. The van der Waals surface area contributed by atoms with Crippen LogP contribution >= 0.6 is 0 Å². The average Bonchev–Trinajstić information content (AvgIpc) is 3.74. The van der Waals surface area contributed by atoms with Gasteiger partial charge in [0.2, 0.25) is 11.6 Å². The number of alkyl halides is 3. The summed E-state index contributed by atoms with van der Waals surface area (Å²) in [6.07, 6.45) is 0.478. The number of likely N-dealkylation sites (N-methyl/N-ethyl adjacent to an activating group) is 2. The number of carboxylic acid groups (broad SMARTS) is 1. The molecule has 3 N–H and O–H groups in total. The van der Waals surface area contributed by atoms with Gasteiger partial charge >= 0.3 is 18.1 Å². The summed E-state index contributed by atoms with van der Waals surface area (Å²) in [5.41, 5.74) is 5.64. The topological polar surface area (TPSA) is 226 Å². The smallest absolute Gasteiger partial charge is 0.490 e. The van der Waals surface area contributed by atoms with Crippen molar-refractivity contribution >= 4 is 62.6 Å². The Kier molecular flexibility index (Phi) is 15.7. The summed E-state index contributed by atoms with van der Waals surface area (Å²) in [6, 6.07) is 14.4. The maximum atomic E-state index is 14.3. The van der Waals surface area contributed by atoms with Crippen LogP contribution in [0.2, 0.25) is 0 Å². The van der Waals surface area contributed by atoms with E-state index in [4.69, 9.17) is 14.7 Å². The van der Waals surface area contributed by atoms with Gasteiger partial charge in [-0.25, -0.2) is 18.0 Å². The summed E-state index contributed by atoms with van der Waals surface area (Å²) in [7, 11) is 0.785. The highest BCUT2D eigenvalue weighted by Gasteiger charge is 2.47. The molecule has 1 saturated heterocycles. The van der Waals surface area contributed by atoms with Crippen LogP contribution < -0.4 is 15.5 Å². The van der Waals surface area contributed by atoms with E-state index in [1.54, 1.807) is 12.2 Å². The van der Waals surface area contributed by atoms with Crippen LogP contribution in [0.15, 0.2) is 83.2 Å². The van der Waals surface area contributed by atoms with E-state index in [9.17, 15) is 50.1 Å². The van der Waals surface area contributed by atoms with Crippen molar-refractivity contribution < 1.29 is 69.4 Å². The highest BCUT2D eigenvalue weighted by molar-refractivity contribution is 7.85. The zero-order valence-corrected chi connectivity index (χ0v) is 39.1. The van der Waals surface area contributed by atoms with Crippen LogP contribution in [-0.4, -0.2) is 133 Å². The van der Waals surface area contributed by atoms with E-state index in [1.807, 2.05) is 84.0 Å². The first kappa shape index (κ1) is 51.8. The number of hydrogen-bond donors (Lipinski definition) is 3. The van der Waals surface area contributed by atoms with Gasteiger partial charge in [0.25, 0.3) is 11.8 Å². The first-order chi connectivity index (χ1) is 31.2. The second-order valence-corrected chi connectivity index (χ2v) is 19.1. The van der Waals surface area contributed by atoms with Crippen LogP contribution in [0.1, 0.15) is 77.3 Å². The SMILES string of the molecule is CN(CCCCCC(=O)ON1C(=O)CCC1=O)CCNC(=O)C(CS(=O)(=O)[O-])NC1=C(/C=C2/N(C)c3ccccc3C2(C)C)C(=O)/C1=C\C1=[N+](C)c2ccccc2C1(C)C.O=C(O)C(F)(F)F. The monoisotopic (exact) mass is 956 g/mol. The lowest BCUT2D eigenvalue weighted by Gasteiger charge is -2.32. The molecule has 67 heavy (non-hydrogen) atoms. The van der Waals surface area contributed by atoms with Crippen LogP contribution in [0.3, 0.4) is 0 Å². The molecule has 1 atom stereocenters. The molecule has 1 unspecified atom stereocenters. The minimum atomic E-state index is -5.08. The maximum Gasteiger partial charge on any atom is 0.490 e. The molecule has 3 amide bonds. The van der Waals surface area contributed by atoms with Crippen molar-refractivity contribution in [3.05, 3.63) is 94.4 Å². The first-order valence-corrected chi connectivity index (χ1v) is 23.0. The molecule has 0 bridgehead atoms. The number of aliphatic carboxylic acids is 1. The zero-order valence-electron chi connectivity index (χ0n) is 38.3. The van der Waals surface area contributed by atoms with Gasteiger partial charge in [0, 0.05) is 79.5 Å². The zero-order chi connectivity index (χ0) is 49.8. The lowest BCUT2D eigenvalue weighted by Crippen LogP contribution is -2.51. The van der Waals surface area contributed by atoms with Crippen molar-refractivity contribution in [2.24, 2.45) is 0 Å². The number of halogens is 3. The van der Waals surface area contributed by atoms with Crippen molar-refractivity contribution in [1.29, 1.82) is 0 Å². The number of amides is 3. The number of unbranched alkanes of at least 4 members (excludes halogenated alkanes) is 2. The van der Waals surface area contributed by atoms with E-state index in [1.165, 1.54) is 0 Å². The van der Waals surface area contributed by atoms with E-state index in [2.05, 4.69) is 38.3 Å². The number of anilines is 1. The second kappa shape index (κ2) is 20.4. The van der Waals surface area contributed by atoms with Gasteiger partial charge in [0.05, 0.1) is 32.6 Å². The number of hydroxylamine groups is 2. The Morgan fingerprint density at radius 1 is 0.940 bits per heavy atom. The third-order valence-electron chi connectivity index (χ3n) is 12.1. The molecule has 2 aromatic rings. The fourth-order valence-electron chi connectivity index (χ4n) is 8.48. The van der Waals surface area contributed by atoms with Crippen LogP contribution in [0.25, 0.3) is 0 Å². The van der Waals surface area contributed by atoms with Crippen LogP contribution in [-0.2, 0) is 54.6 Å². The largest absolute Gasteiger partial charge is 0.748 e. The number of nitrogens with zero attached hydrogens (tertiary/aromatic N) is 4. The normalized spacial score (nSPS) is 19.1. The molecule has 6 rings (SSSR count). The molecule has 362 valence electrons. The molecule has 3 heterocycles. The molecule has 3 aliphatic heterocycles. The number of rotatable bonds is 17. The Morgan fingerprint density at radius 3 is 2.12 bits per heavy atom. The minimum absolute atomic E-state index is 0.0311. The number of carbonyl (C=O) groups excluding carboxylic acids is 5. The predicted octanol–water partition coefficient (Wildman–Crippen LogP) is 4.12. The molecular formula is C46H55F3N6O11S. The van der Waals surface area contributed by atoms with Gasteiger partial charge < -0.3 is 34.9 Å². The van der Waals surface area contributed by atoms with Crippen molar-refractivity contribution in [3.8, 4) is 0 Å². The lowest BCUT2D eigenvalue weighted by molar-refractivity contribution is -0.401. The number of carbonyl (C=O) groups is 6. The molecule has 0 aromatic heterocycles. The summed E-state index contributed by atoms with van der Waals surface area (Å²) in [5.74, 6) is -6.49. The number of nitrogens with one attached hydrogen (secondary N) is 2. The number of allylic oxidation sites excluding steroid dienone is 5. The third-order valence-corrected chi connectivity index (χ3v) is 12.9. The molecule has 0 spiro atoms. The Hall–Kier alpha value is -6.19. The fourth-order valence-corrected chi connectivity index (χ4v) is 9.12. The molecular weight excluding hydrogens is 902 g/mol. The number of Topliss-reactive ketones (excluding diaryl/α,β-unsaturated/α-hetero) is 1. The van der Waals surface area contributed by atoms with Gasteiger partial charge in [-0.3, -0.25) is 19.2 Å². The number of benzene rings is 2. The third kappa shape index (κ3) is 11.9.